The Morgan fingerprint density at radius 3 is 2.52 bits per heavy atom. The minimum absolute atomic E-state index is 0.467. The van der Waals surface area contributed by atoms with Crippen LogP contribution in [0.3, 0.4) is 0 Å². The molecule has 3 nitrogen and oxygen atoms in total. The predicted octanol–water partition coefficient (Wildman–Crippen LogP) is 5.63. The number of nitrogens with one attached hydrogen (secondary N) is 1. The number of benzene rings is 1. The third kappa shape index (κ3) is 3.05. The predicted molar refractivity (Wildman–Crippen MR) is 91.3 cm³/mol. The monoisotopic (exact) mass is 347 g/mol. The molecule has 0 unspecified atom stereocenters. The summed E-state index contributed by atoms with van der Waals surface area (Å²) in [6.45, 7) is 0. The van der Waals surface area contributed by atoms with Gasteiger partial charge in [0.15, 0.2) is 5.69 Å². The number of halogens is 3. The maximum atomic E-state index is 12.9. The number of alkyl halides is 3. The lowest BCUT2D eigenvalue weighted by molar-refractivity contribution is -0.141. The Balaban J connectivity index is 1.70. The van der Waals surface area contributed by atoms with E-state index in [-0.39, 0.29) is 0 Å². The van der Waals surface area contributed by atoms with Gasteiger partial charge in [0.05, 0.1) is 5.69 Å². The summed E-state index contributed by atoms with van der Waals surface area (Å²) < 4.78 is 39.9. The average molecular weight is 347 g/mol. The fraction of sp³-hybridized carbons (Fsp3) is 0.421. The second kappa shape index (κ2) is 5.93. The van der Waals surface area contributed by atoms with E-state index >= 15 is 0 Å². The molecule has 1 aliphatic carbocycles. The highest BCUT2D eigenvalue weighted by atomic mass is 19.4. The molecule has 0 spiro atoms. The molecule has 6 heteroatoms. The molecule has 3 aromatic rings. The van der Waals surface area contributed by atoms with Crippen molar-refractivity contribution in [1.82, 2.24) is 14.8 Å². The van der Waals surface area contributed by atoms with Crippen LogP contribution in [0.15, 0.2) is 30.3 Å². The van der Waals surface area contributed by atoms with Gasteiger partial charge in [-0.1, -0.05) is 25.3 Å². The summed E-state index contributed by atoms with van der Waals surface area (Å²) in [5, 5.41) is 4.64. The second-order valence-electron chi connectivity index (χ2n) is 6.90. The molecule has 0 atom stereocenters. The van der Waals surface area contributed by atoms with Crippen molar-refractivity contribution >= 4 is 10.9 Å². The van der Waals surface area contributed by atoms with Crippen molar-refractivity contribution in [2.75, 3.05) is 0 Å². The number of nitrogens with zero attached hydrogens (tertiary/aromatic N) is 2. The van der Waals surface area contributed by atoms with Crippen molar-refractivity contribution < 1.29 is 13.2 Å². The molecule has 2 aromatic heterocycles. The zero-order valence-electron chi connectivity index (χ0n) is 14.0. The van der Waals surface area contributed by atoms with Gasteiger partial charge >= 0.3 is 6.18 Å². The van der Waals surface area contributed by atoms with Crippen LogP contribution in [0.25, 0.3) is 22.2 Å². The van der Waals surface area contributed by atoms with Gasteiger partial charge in [0.2, 0.25) is 0 Å². The lowest BCUT2D eigenvalue weighted by Crippen LogP contribution is -2.06. The molecule has 4 rings (SSSR count). The largest absolute Gasteiger partial charge is 0.435 e. The van der Waals surface area contributed by atoms with Gasteiger partial charge in [0.25, 0.3) is 0 Å². The van der Waals surface area contributed by atoms with E-state index in [1.807, 2.05) is 18.2 Å². The number of H-pyrrole nitrogens is 1. The summed E-state index contributed by atoms with van der Waals surface area (Å²) in [5.41, 5.74) is 2.62. The molecule has 25 heavy (non-hydrogen) atoms. The van der Waals surface area contributed by atoms with Crippen molar-refractivity contribution in [3.8, 4) is 11.3 Å². The summed E-state index contributed by atoms with van der Waals surface area (Å²) >= 11 is 0. The number of fused-ring (bicyclic) bond motifs is 1. The van der Waals surface area contributed by atoms with Crippen LogP contribution < -0.4 is 0 Å². The molecule has 1 aromatic carbocycles. The van der Waals surface area contributed by atoms with Crippen LogP contribution in [-0.2, 0) is 13.2 Å². The molecule has 132 valence electrons. The van der Waals surface area contributed by atoms with Crippen LogP contribution in [0.2, 0.25) is 0 Å². The number of rotatable bonds is 2. The van der Waals surface area contributed by atoms with Crippen molar-refractivity contribution in [3.63, 3.8) is 0 Å². The van der Waals surface area contributed by atoms with Crippen molar-refractivity contribution in [2.45, 2.75) is 44.2 Å². The summed E-state index contributed by atoms with van der Waals surface area (Å²) in [7, 11) is 1.54. The minimum atomic E-state index is -4.43. The van der Waals surface area contributed by atoms with Crippen LogP contribution in [0.1, 0.15) is 49.4 Å². The number of hydrogen-bond acceptors (Lipinski definition) is 1. The van der Waals surface area contributed by atoms with Crippen LogP contribution >= 0.6 is 0 Å². The SMILES string of the molecule is Cn1nc(C(F)(F)F)cc1-c1ccc2[nH]c(C3CCCCC3)cc2c1. The van der Waals surface area contributed by atoms with E-state index in [2.05, 4.69) is 16.1 Å². The Labute approximate surface area is 143 Å². The minimum Gasteiger partial charge on any atom is -0.358 e. The Bertz CT molecular complexity index is 898. The number of hydrogen-bond donors (Lipinski definition) is 1. The maximum absolute atomic E-state index is 12.9. The lowest BCUT2D eigenvalue weighted by Gasteiger charge is -2.20. The fourth-order valence-electron chi connectivity index (χ4n) is 3.82. The molecule has 1 aliphatic rings. The van der Waals surface area contributed by atoms with Gasteiger partial charge in [-0.05, 0) is 43.0 Å². The molecule has 1 fully saturated rings. The summed E-state index contributed by atoms with van der Waals surface area (Å²) in [4.78, 5) is 3.49. The third-order valence-electron chi connectivity index (χ3n) is 5.15. The van der Waals surface area contributed by atoms with Gasteiger partial charge in [-0.25, -0.2) is 0 Å². The molecule has 0 amide bonds. The van der Waals surface area contributed by atoms with Crippen molar-refractivity contribution in [3.05, 3.63) is 41.7 Å². The highest BCUT2D eigenvalue weighted by Crippen LogP contribution is 2.35. The molecule has 0 aliphatic heterocycles. The smallest absolute Gasteiger partial charge is 0.358 e. The van der Waals surface area contributed by atoms with E-state index in [4.69, 9.17) is 0 Å². The van der Waals surface area contributed by atoms with Gasteiger partial charge < -0.3 is 4.98 Å². The van der Waals surface area contributed by atoms with Crippen molar-refractivity contribution in [1.29, 1.82) is 0 Å². The molecular weight excluding hydrogens is 327 g/mol. The fourth-order valence-corrected chi connectivity index (χ4v) is 3.82. The third-order valence-corrected chi connectivity index (χ3v) is 5.15. The zero-order chi connectivity index (χ0) is 17.6. The molecule has 0 saturated heterocycles. The van der Waals surface area contributed by atoms with Crippen molar-refractivity contribution in [2.24, 2.45) is 7.05 Å². The summed E-state index contributed by atoms with van der Waals surface area (Å²) in [6, 6.07) is 8.99. The highest BCUT2D eigenvalue weighted by Gasteiger charge is 2.34. The first kappa shape index (κ1) is 16.2. The molecule has 0 radical (unpaired) electrons. The van der Waals surface area contributed by atoms with Gasteiger partial charge in [0, 0.05) is 29.2 Å². The van der Waals surface area contributed by atoms with Crippen LogP contribution in [0, 0.1) is 0 Å². The van der Waals surface area contributed by atoms with Crippen LogP contribution in [0.4, 0.5) is 13.2 Å². The normalized spacial score (nSPS) is 16.6. The first-order valence-electron chi connectivity index (χ1n) is 8.66. The topological polar surface area (TPSA) is 33.6 Å². The maximum Gasteiger partial charge on any atom is 0.435 e. The molecule has 1 N–H and O–H groups in total. The van der Waals surface area contributed by atoms with Crippen LogP contribution in [0.5, 0.6) is 0 Å². The summed E-state index contributed by atoms with van der Waals surface area (Å²) in [6.07, 6.45) is 1.82. The highest BCUT2D eigenvalue weighted by molar-refractivity contribution is 5.85. The van der Waals surface area contributed by atoms with Gasteiger partial charge in [-0.3, -0.25) is 4.68 Å². The molecule has 2 heterocycles. The number of aromatic amines is 1. The quantitative estimate of drug-likeness (QED) is 0.640. The van der Waals surface area contributed by atoms with E-state index in [0.717, 1.165) is 22.5 Å². The first-order valence-corrected chi connectivity index (χ1v) is 8.66. The molecular formula is C19H20F3N3. The van der Waals surface area contributed by atoms with Gasteiger partial charge in [0.1, 0.15) is 0 Å². The molecule has 0 bridgehead atoms. The lowest BCUT2D eigenvalue weighted by atomic mass is 9.87. The number of aryl methyl sites for hydroxylation is 1. The van der Waals surface area contributed by atoms with E-state index in [0.29, 0.717) is 11.6 Å². The van der Waals surface area contributed by atoms with E-state index < -0.39 is 11.9 Å². The second-order valence-corrected chi connectivity index (χ2v) is 6.90. The first-order chi connectivity index (χ1) is 11.9. The number of aromatic nitrogens is 3. The standard InChI is InChI=1S/C19H20F3N3/c1-25-17(11-18(24-25)19(20,21)22)13-7-8-15-14(9-13)10-16(23-15)12-5-3-2-4-6-12/h7-12,23H,2-6H2,1H3. The van der Waals surface area contributed by atoms with Crippen LogP contribution in [-0.4, -0.2) is 14.8 Å². The Morgan fingerprint density at radius 2 is 1.84 bits per heavy atom. The van der Waals surface area contributed by atoms with E-state index in [9.17, 15) is 13.2 Å². The summed E-state index contributed by atoms with van der Waals surface area (Å²) in [5.74, 6) is 0.568. The Kier molecular flexibility index (Phi) is 3.85. The average Bonchev–Trinajstić information content (AvgIpc) is 3.18. The zero-order valence-corrected chi connectivity index (χ0v) is 14.0. The Hall–Kier alpha value is -2.24. The van der Waals surface area contributed by atoms with E-state index in [1.165, 1.54) is 42.5 Å². The Morgan fingerprint density at radius 1 is 1.08 bits per heavy atom. The van der Waals surface area contributed by atoms with E-state index in [1.54, 1.807) is 7.05 Å². The molecule has 1 saturated carbocycles. The van der Waals surface area contributed by atoms with Gasteiger partial charge in [-0.2, -0.15) is 18.3 Å². The van der Waals surface area contributed by atoms with Gasteiger partial charge in [-0.15, -0.1) is 0 Å².